The average Bonchev–Trinajstić information content (AvgIpc) is 2.67. The van der Waals surface area contributed by atoms with Gasteiger partial charge in [0.25, 0.3) is 0 Å². The summed E-state index contributed by atoms with van der Waals surface area (Å²) in [7, 11) is 0. The van der Waals surface area contributed by atoms with Gasteiger partial charge in [0.05, 0.1) is 6.54 Å². The highest BCUT2D eigenvalue weighted by Gasteiger charge is 2.24. The van der Waals surface area contributed by atoms with Crippen LogP contribution in [0.4, 0.5) is 0 Å². The van der Waals surface area contributed by atoms with Crippen LogP contribution >= 0.6 is 11.3 Å². The van der Waals surface area contributed by atoms with Gasteiger partial charge in [-0.25, -0.2) is 4.98 Å². The predicted octanol–water partition coefficient (Wildman–Crippen LogP) is 2.02. The van der Waals surface area contributed by atoms with E-state index in [9.17, 15) is 0 Å². The standard InChI is InChI=1S/C12H21N3S/c1-4-11-6-15(10(3)5-13-11)7-12-14-9(2)8-16-12/h8,10-11,13H,4-7H2,1-3H3. The van der Waals surface area contributed by atoms with Crippen molar-refractivity contribution >= 4 is 11.3 Å². The van der Waals surface area contributed by atoms with Crippen LogP contribution in [0.3, 0.4) is 0 Å². The smallest absolute Gasteiger partial charge is 0.107 e. The third-order valence-electron chi connectivity index (χ3n) is 3.28. The van der Waals surface area contributed by atoms with Gasteiger partial charge in [-0.2, -0.15) is 0 Å². The van der Waals surface area contributed by atoms with Crippen LogP contribution in [-0.2, 0) is 6.54 Å². The Balaban J connectivity index is 1.96. The van der Waals surface area contributed by atoms with E-state index < -0.39 is 0 Å². The second kappa shape index (κ2) is 5.25. The van der Waals surface area contributed by atoms with Gasteiger partial charge in [-0.1, -0.05) is 6.92 Å². The second-order valence-electron chi connectivity index (χ2n) is 4.67. The molecule has 1 N–H and O–H groups in total. The van der Waals surface area contributed by atoms with Gasteiger partial charge in [0.2, 0.25) is 0 Å². The first kappa shape index (κ1) is 12.0. The van der Waals surface area contributed by atoms with Crippen LogP contribution in [0.25, 0.3) is 0 Å². The summed E-state index contributed by atoms with van der Waals surface area (Å²) in [6.07, 6.45) is 1.21. The summed E-state index contributed by atoms with van der Waals surface area (Å²) in [5.41, 5.74) is 1.15. The Hall–Kier alpha value is -0.450. The van der Waals surface area contributed by atoms with Gasteiger partial charge >= 0.3 is 0 Å². The van der Waals surface area contributed by atoms with Crippen molar-refractivity contribution in [3.63, 3.8) is 0 Å². The molecule has 2 atom stereocenters. The fourth-order valence-electron chi connectivity index (χ4n) is 2.14. The number of nitrogens with zero attached hydrogens (tertiary/aromatic N) is 2. The second-order valence-corrected chi connectivity index (χ2v) is 5.62. The Bertz CT molecular complexity index is 337. The molecule has 0 spiro atoms. The molecule has 1 aromatic rings. The fraction of sp³-hybridized carbons (Fsp3) is 0.750. The summed E-state index contributed by atoms with van der Waals surface area (Å²) in [4.78, 5) is 7.09. The average molecular weight is 239 g/mol. The number of piperazine rings is 1. The molecule has 16 heavy (non-hydrogen) atoms. The highest BCUT2D eigenvalue weighted by Crippen LogP contribution is 2.16. The minimum absolute atomic E-state index is 0.618. The highest BCUT2D eigenvalue weighted by atomic mass is 32.1. The lowest BCUT2D eigenvalue weighted by molar-refractivity contribution is 0.131. The molecule has 1 aliphatic rings. The Morgan fingerprint density at radius 3 is 3.06 bits per heavy atom. The normalized spacial score (nSPS) is 27.2. The number of aromatic nitrogens is 1. The van der Waals surface area contributed by atoms with E-state index in [0.29, 0.717) is 12.1 Å². The third kappa shape index (κ3) is 2.81. The van der Waals surface area contributed by atoms with Crippen molar-refractivity contribution in [2.75, 3.05) is 13.1 Å². The molecule has 1 saturated heterocycles. The van der Waals surface area contributed by atoms with E-state index in [1.54, 1.807) is 11.3 Å². The van der Waals surface area contributed by atoms with Gasteiger partial charge in [-0.15, -0.1) is 11.3 Å². The molecule has 1 fully saturated rings. The maximum absolute atomic E-state index is 4.55. The molecule has 90 valence electrons. The van der Waals surface area contributed by atoms with Gasteiger partial charge in [0.1, 0.15) is 5.01 Å². The van der Waals surface area contributed by atoms with Gasteiger partial charge in [0, 0.05) is 36.2 Å². The van der Waals surface area contributed by atoms with E-state index >= 15 is 0 Å². The minimum atomic E-state index is 0.618. The molecule has 2 unspecified atom stereocenters. The molecule has 1 aromatic heterocycles. The van der Waals surface area contributed by atoms with Crippen LogP contribution in [0.1, 0.15) is 31.0 Å². The summed E-state index contributed by atoms with van der Waals surface area (Å²) in [5.74, 6) is 0. The predicted molar refractivity (Wildman–Crippen MR) is 68.8 cm³/mol. The number of hydrogen-bond acceptors (Lipinski definition) is 4. The van der Waals surface area contributed by atoms with Crippen LogP contribution < -0.4 is 5.32 Å². The molecule has 0 saturated carbocycles. The van der Waals surface area contributed by atoms with Crippen LogP contribution in [0, 0.1) is 6.92 Å². The van der Waals surface area contributed by atoms with E-state index in [4.69, 9.17) is 0 Å². The van der Waals surface area contributed by atoms with Crippen LogP contribution in [0.2, 0.25) is 0 Å². The third-order valence-corrected chi connectivity index (χ3v) is 4.23. The van der Waals surface area contributed by atoms with Crippen molar-refractivity contribution in [1.29, 1.82) is 0 Å². The minimum Gasteiger partial charge on any atom is -0.311 e. The lowest BCUT2D eigenvalue weighted by Gasteiger charge is -2.38. The Kier molecular flexibility index (Phi) is 3.95. The van der Waals surface area contributed by atoms with Crippen molar-refractivity contribution in [3.05, 3.63) is 16.1 Å². The van der Waals surface area contributed by atoms with Gasteiger partial charge < -0.3 is 5.32 Å². The summed E-state index contributed by atoms with van der Waals surface area (Å²) >= 11 is 1.78. The molecule has 2 heterocycles. The van der Waals surface area contributed by atoms with E-state index in [1.807, 2.05) is 0 Å². The zero-order chi connectivity index (χ0) is 11.5. The van der Waals surface area contributed by atoms with Crippen LogP contribution in [0.5, 0.6) is 0 Å². The zero-order valence-corrected chi connectivity index (χ0v) is 11.2. The van der Waals surface area contributed by atoms with Crippen molar-refractivity contribution < 1.29 is 0 Å². The van der Waals surface area contributed by atoms with Crippen molar-refractivity contribution in [2.24, 2.45) is 0 Å². The first-order valence-electron chi connectivity index (χ1n) is 6.07. The monoisotopic (exact) mass is 239 g/mol. The fourth-order valence-corrected chi connectivity index (χ4v) is 2.93. The van der Waals surface area contributed by atoms with E-state index in [2.05, 4.69) is 41.4 Å². The Morgan fingerprint density at radius 2 is 2.44 bits per heavy atom. The maximum atomic E-state index is 4.55. The Morgan fingerprint density at radius 1 is 1.62 bits per heavy atom. The summed E-state index contributed by atoms with van der Waals surface area (Å²) in [5, 5.41) is 6.97. The number of rotatable bonds is 3. The van der Waals surface area contributed by atoms with E-state index in [-0.39, 0.29) is 0 Å². The lowest BCUT2D eigenvalue weighted by Crippen LogP contribution is -2.54. The first-order chi connectivity index (χ1) is 7.69. The summed E-state index contributed by atoms with van der Waals surface area (Å²) in [6.45, 7) is 9.87. The van der Waals surface area contributed by atoms with Crippen molar-refractivity contribution in [2.45, 2.75) is 45.8 Å². The molecule has 1 aliphatic heterocycles. The topological polar surface area (TPSA) is 28.2 Å². The van der Waals surface area contributed by atoms with E-state index in [0.717, 1.165) is 25.3 Å². The summed E-state index contributed by atoms with van der Waals surface area (Å²) < 4.78 is 0. The molecule has 0 radical (unpaired) electrons. The maximum Gasteiger partial charge on any atom is 0.107 e. The lowest BCUT2D eigenvalue weighted by atomic mass is 10.1. The SMILES string of the molecule is CCC1CN(Cc2nc(C)cs2)C(C)CN1. The van der Waals surface area contributed by atoms with Gasteiger partial charge in [-0.05, 0) is 20.3 Å². The van der Waals surface area contributed by atoms with Crippen LogP contribution in [-0.4, -0.2) is 35.1 Å². The largest absolute Gasteiger partial charge is 0.311 e. The molecule has 2 rings (SSSR count). The van der Waals surface area contributed by atoms with E-state index in [1.165, 1.54) is 11.4 Å². The first-order valence-corrected chi connectivity index (χ1v) is 6.95. The molecule has 0 bridgehead atoms. The highest BCUT2D eigenvalue weighted by molar-refractivity contribution is 7.09. The van der Waals surface area contributed by atoms with Gasteiger partial charge in [-0.3, -0.25) is 4.90 Å². The molecular formula is C12H21N3S. The molecule has 0 aliphatic carbocycles. The quantitative estimate of drug-likeness (QED) is 0.875. The summed E-state index contributed by atoms with van der Waals surface area (Å²) in [6, 6.07) is 1.27. The molecule has 4 heteroatoms. The van der Waals surface area contributed by atoms with Crippen molar-refractivity contribution in [1.82, 2.24) is 15.2 Å². The van der Waals surface area contributed by atoms with Gasteiger partial charge in [0.15, 0.2) is 0 Å². The number of nitrogens with one attached hydrogen (secondary N) is 1. The van der Waals surface area contributed by atoms with Crippen molar-refractivity contribution in [3.8, 4) is 0 Å². The number of aryl methyl sites for hydroxylation is 1. The zero-order valence-electron chi connectivity index (χ0n) is 10.4. The van der Waals surface area contributed by atoms with Crippen LogP contribution in [0.15, 0.2) is 5.38 Å². The molecule has 3 nitrogen and oxygen atoms in total. The molecule has 0 aromatic carbocycles. The number of hydrogen-bond donors (Lipinski definition) is 1. The Labute approximate surface area is 102 Å². The number of thiazole rings is 1. The molecule has 0 amide bonds. The molecular weight excluding hydrogens is 218 g/mol.